The molecule has 4 aliphatic heterocycles. The van der Waals surface area contributed by atoms with Crippen LogP contribution in [-0.4, -0.2) is 109 Å². The SMILES string of the molecule is O=C(COc1cccc2c1CN(C1CCC(=O)NC1=O)C2=O)NCCOCCNC(=O)COc1cccc2c1CN(C1CCC(=O)NC1=O)C2=O. The molecule has 2 aromatic rings. The number of ether oxygens (including phenoxy) is 3. The molecule has 2 saturated heterocycles. The number of benzene rings is 2. The van der Waals surface area contributed by atoms with Gasteiger partial charge in [0.2, 0.25) is 23.6 Å². The molecule has 0 saturated carbocycles. The van der Waals surface area contributed by atoms with Crippen molar-refractivity contribution in [3.63, 3.8) is 0 Å². The zero-order valence-electron chi connectivity index (χ0n) is 27.5. The van der Waals surface area contributed by atoms with Crippen molar-refractivity contribution >= 4 is 47.3 Å². The Morgan fingerprint density at radius 2 is 1.10 bits per heavy atom. The molecule has 0 bridgehead atoms. The maximum Gasteiger partial charge on any atom is 0.258 e. The third-order valence-corrected chi connectivity index (χ3v) is 8.93. The number of amides is 8. The number of rotatable bonds is 14. The Kier molecular flexibility index (Phi) is 10.5. The zero-order valence-corrected chi connectivity index (χ0v) is 27.5. The second-order valence-electron chi connectivity index (χ2n) is 12.3. The number of carbonyl (C=O) groups is 8. The summed E-state index contributed by atoms with van der Waals surface area (Å²) in [7, 11) is 0. The number of nitrogens with zero attached hydrogens (tertiary/aromatic N) is 2. The van der Waals surface area contributed by atoms with E-state index in [1.54, 1.807) is 36.4 Å². The van der Waals surface area contributed by atoms with E-state index in [-0.39, 0.29) is 102 Å². The molecule has 4 aliphatic rings. The van der Waals surface area contributed by atoms with E-state index in [0.29, 0.717) is 33.8 Å². The maximum atomic E-state index is 13.0. The summed E-state index contributed by atoms with van der Waals surface area (Å²) < 4.78 is 16.9. The average molecular weight is 705 g/mol. The fraction of sp³-hybridized carbons (Fsp3) is 0.412. The lowest BCUT2D eigenvalue weighted by Crippen LogP contribution is -2.52. The summed E-state index contributed by atoms with van der Waals surface area (Å²) >= 11 is 0. The number of carbonyl (C=O) groups excluding carboxylic acids is 8. The van der Waals surface area contributed by atoms with Gasteiger partial charge in [0.15, 0.2) is 13.2 Å². The smallest absolute Gasteiger partial charge is 0.258 e. The molecule has 0 aliphatic carbocycles. The Morgan fingerprint density at radius 1 is 0.667 bits per heavy atom. The Bertz CT molecular complexity index is 1670. The van der Waals surface area contributed by atoms with Gasteiger partial charge in [-0.3, -0.25) is 49.0 Å². The van der Waals surface area contributed by atoms with Crippen LogP contribution in [0.25, 0.3) is 0 Å². The van der Waals surface area contributed by atoms with Crippen LogP contribution >= 0.6 is 0 Å². The fourth-order valence-corrected chi connectivity index (χ4v) is 6.40. The first-order valence-electron chi connectivity index (χ1n) is 16.5. The van der Waals surface area contributed by atoms with Crippen molar-refractivity contribution in [1.82, 2.24) is 31.1 Å². The van der Waals surface area contributed by atoms with Crippen LogP contribution in [-0.2, 0) is 46.6 Å². The van der Waals surface area contributed by atoms with Crippen molar-refractivity contribution in [3.05, 3.63) is 58.7 Å². The molecule has 4 N–H and O–H groups in total. The average Bonchev–Trinajstić information content (AvgIpc) is 3.62. The van der Waals surface area contributed by atoms with E-state index in [2.05, 4.69) is 21.3 Å². The first kappa shape index (κ1) is 35.0. The van der Waals surface area contributed by atoms with Gasteiger partial charge in [0.05, 0.1) is 26.3 Å². The van der Waals surface area contributed by atoms with Gasteiger partial charge in [-0.1, -0.05) is 12.1 Å². The monoisotopic (exact) mass is 704 g/mol. The molecule has 8 amide bonds. The van der Waals surface area contributed by atoms with Gasteiger partial charge < -0.3 is 34.6 Å². The van der Waals surface area contributed by atoms with Crippen LogP contribution < -0.4 is 30.7 Å². The van der Waals surface area contributed by atoms with Crippen LogP contribution in [0.1, 0.15) is 57.5 Å². The molecule has 0 radical (unpaired) electrons. The standard InChI is InChI=1S/C34H36N6O11/c41-27-9-7-23(31(45)37-27)39-15-21-19(33(39)47)3-1-5-25(21)50-17-29(43)35-11-13-49-14-12-36-30(44)18-51-26-6-2-4-20-22(26)16-40(34(20)48)24-8-10-28(42)38-32(24)46/h1-6,23-24H,7-18H2,(H,35,43)(H,36,44)(H,37,41,45)(H,38,42,46). The largest absolute Gasteiger partial charge is 0.483 e. The molecule has 2 atom stereocenters. The summed E-state index contributed by atoms with van der Waals surface area (Å²) in [6.45, 7) is 0.317. The van der Waals surface area contributed by atoms with E-state index in [1.807, 2.05) is 0 Å². The van der Waals surface area contributed by atoms with Crippen molar-refractivity contribution in [2.45, 2.75) is 50.9 Å². The number of imide groups is 2. The summed E-state index contributed by atoms with van der Waals surface area (Å²) in [6.07, 6.45) is 0.765. The summed E-state index contributed by atoms with van der Waals surface area (Å²) in [6, 6.07) is 8.27. The molecule has 2 fully saturated rings. The Balaban J connectivity index is 0.857. The van der Waals surface area contributed by atoms with E-state index in [0.717, 1.165) is 0 Å². The second-order valence-corrected chi connectivity index (χ2v) is 12.3. The second kappa shape index (κ2) is 15.4. The minimum absolute atomic E-state index is 0.120. The quantitative estimate of drug-likeness (QED) is 0.137. The van der Waals surface area contributed by atoms with Crippen LogP contribution in [0, 0.1) is 0 Å². The van der Waals surface area contributed by atoms with E-state index < -0.39 is 35.7 Å². The summed E-state index contributed by atoms with van der Waals surface area (Å²) in [5, 5.41) is 9.86. The van der Waals surface area contributed by atoms with E-state index in [1.165, 1.54) is 9.80 Å². The third kappa shape index (κ3) is 7.82. The molecule has 51 heavy (non-hydrogen) atoms. The van der Waals surface area contributed by atoms with Gasteiger partial charge in [0.1, 0.15) is 23.6 Å². The van der Waals surface area contributed by atoms with Crippen LogP contribution in [0.5, 0.6) is 11.5 Å². The lowest BCUT2D eigenvalue weighted by molar-refractivity contribution is -0.138. The highest BCUT2D eigenvalue weighted by Crippen LogP contribution is 2.35. The van der Waals surface area contributed by atoms with Gasteiger partial charge in [-0.25, -0.2) is 0 Å². The molecule has 6 rings (SSSR count). The minimum Gasteiger partial charge on any atom is -0.483 e. The molecule has 0 spiro atoms. The topological polar surface area (TPSA) is 219 Å². The van der Waals surface area contributed by atoms with Gasteiger partial charge in [-0.2, -0.15) is 0 Å². The third-order valence-electron chi connectivity index (χ3n) is 8.93. The van der Waals surface area contributed by atoms with Gasteiger partial charge in [-0.15, -0.1) is 0 Å². The van der Waals surface area contributed by atoms with Crippen LogP contribution in [0.3, 0.4) is 0 Å². The number of fused-ring (bicyclic) bond motifs is 2. The molecule has 17 nitrogen and oxygen atoms in total. The molecular formula is C34H36N6O11. The van der Waals surface area contributed by atoms with E-state index in [9.17, 15) is 38.4 Å². The fourth-order valence-electron chi connectivity index (χ4n) is 6.40. The first-order valence-corrected chi connectivity index (χ1v) is 16.5. The van der Waals surface area contributed by atoms with Gasteiger partial charge in [-0.05, 0) is 37.1 Å². The van der Waals surface area contributed by atoms with Gasteiger partial charge in [0.25, 0.3) is 23.6 Å². The molecular weight excluding hydrogens is 668 g/mol. The number of hydrogen-bond donors (Lipinski definition) is 4. The van der Waals surface area contributed by atoms with Crippen molar-refractivity contribution < 1.29 is 52.6 Å². The number of piperidine rings is 2. The highest BCUT2D eigenvalue weighted by molar-refractivity contribution is 6.06. The Labute approximate surface area is 291 Å². The predicted octanol–water partition coefficient (Wildman–Crippen LogP) is -1.08. The summed E-state index contributed by atoms with van der Waals surface area (Å²) in [5.74, 6) is -2.58. The molecule has 0 aromatic heterocycles. The minimum atomic E-state index is -0.759. The van der Waals surface area contributed by atoms with Crippen molar-refractivity contribution in [1.29, 1.82) is 0 Å². The highest BCUT2D eigenvalue weighted by atomic mass is 16.5. The summed E-state index contributed by atoms with van der Waals surface area (Å²) in [5.41, 5.74) is 1.89. The van der Waals surface area contributed by atoms with E-state index >= 15 is 0 Å². The Hall–Kier alpha value is -5.84. The van der Waals surface area contributed by atoms with Gasteiger partial charge in [0, 0.05) is 48.2 Å². The molecule has 17 heteroatoms. The van der Waals surface area contributed by atoms with Gasteiger partial charge >= 0.3 is 0 Å². The predicted molar refractivity (Wildman–Crippen MR) is 173 cm³/mol. The van der Waals surface area contributed by atoms with Crippen LogP contribution in [0.4, 0.5) is 0 Å². The lowest BCUT2D eigenvalue weighted by atomic mass is 10.0. The van der Waals surface area contributed by atoms with E-state index in [4.69, 9.17) is 14.2 Å². The maximum absolute atomic E-state index is 13.0. The first-order chi connectivity index (χ1) is 24.6. The number of nitrogens with one attached hydrogen (secondary N) is 4. The normalized spacial score (nSPS) is 19.7. The summed E-state index contributed by atoms with van der Waals surface area (Å²) in [4.78, 5) is 101. The molecule has 268 valence electrons. The van der Waals surface area contributed by atoms with Crippen LogP contribution in [0.2, 0.25) is 0 Å². The van der Waals surface area contributed by atoms with Crippen molar-refractivity contribution in [2.24, 2.45) is 0 Å². The van der Waals surface area contributed by atoms with Crippen molar-refractivity contribution in [3.8, 4) is 11.5 Å². The number of hydrogen-bond acceptors (Lipinski definition) is 11. The lowest BCUT2D eigenvalue weighted by Gasteiger charge is -2.29. The molecule has 4 heterocycles. The highest BCUT2D eigenvalue weighted by Gasteiger charge is 2.41. The van der Waals surface area contributed by atoms with Crippen molar-refractivity contribution in [2.75, 3.05) is 39.5 Å². The molecule has 2 aromatic carbocycles. The zero-order chi connectivity index (χ0) is 36.1. The molecule has 2 unspecified atom stereocenters. The van der Waals surface area contributed by atoms with Crippen LogP contribution in [0.15, 0.2) is 36.4 Å². The Morgan fingerprint density at radius 3 is 1.51 bits per heavy atom.